The van der Waals surface area contributed by atoms with Crippen LogP contribution in [0.1, 0.15) is 24.2 Å². The number of fused-ring (bicyclic) bond motifs is 1. The van der Waals surface area contributed by atoms with Gasteiger partial charge in [0.1, 0.15) is 0 Å². The van der Waals surface area contributed by atoms with Crippen LogP contribution < -0.4 is 5.32 Å². The van der Waals surface area contributed by atoms with Crippen molar-refractivity contribution in [2.75, 3.05) is 32.7 Å². The zero-order valence-electron chi connectivity index (χ0n) is 16.9. The molecule has 0 bridgehead atoms. The minimum Gasteiger partial charge on any atom is -0.348 e. The number of carbonyl (C=O) groups excluding carboxylic acids is 1. The first-order valence-corrected chi connectivity index (χ1v) is 10.3. The number of hydrogen-bond acceptors (Lipinski definition) is 4. The molecule has 2 aromatic carbocycles. The van der Waals surface area contributed by atoms with Gasteiger partial charge in [-0.2, -0.15) is 0 Å². The number of carbonyl (C=O) groups is 1. The van der Waals surface area contributed by atoms with E-state index >= 15 is 0 Å². The third-order valence-electron chi connectivity index (χ3n) is 5.61. The first-order valence-electron chi connectivity index (χ1n) is 10.3. The zero-order chi connectivity index (χ0) is 20.1. The van der Waals surface area contributed by atoms with Crippen LogP contribution in [0.25, 0.3) is 10.8 Å². The molecule has 0 spiro atoms. The molecule has 0 saturated carbocycles. The molecule has 1 aliphatic heterocycles. The molecule has 150 valence electrons. The summed E-state index contributed by atoms with van der Waals surface area (Å²) in [5, 5.41) is 5.59. The molecule has 1 fully saturated rings. The Morgan fingerprint density at radius 3 is 2.48 bits per heavy atom. The lowest BCUT2D eigenvalue weighted by molar-refractivity contribution is -0.123. The van der Waals surface area contributed by atoms with E-state index in [2.05, 4.69) is 63.4 Å². The lowest BCUT2D eigenvalue weighted by Gasteiger charge is -2.34. The van der Waals surface area contributed by atoms with E-state index < -0.39 is 0 Å². The Morgan fingerprint density at radius 2 is 1.69 bits per heavy atom. The van der Waals surface area contributed by atoms with Gasteiger partial charge >= 0.3 is 0 Å². The van der Waals surface area contributed by atoms with Crippen molar-refractivity contribution in [2.45, 2.75) is 19.5 Å². The van der Waals surface area contributed by atoms with Crippen LogP contribution in [0.15, 0.2) is 66.9 Å². The number of piperazine rings is 1. The molecule has 2 heterocycles. The fourth-order valence-corrected chi connectivity index (χ4v) is 4.02. The Morgan fingerprint density at radius 1 is 0.966 bits per heavy atom. The number of amides is 1. The molecule has 1 aromatic heterocycles. The second-order valence-electron chi connectivity index (χ2n) is 7.73. The smallest absolute Gasteiger partial charge is 0.234 e. The normalized spacial score (nSPS) is 16.6. The molecule has 4 rings (SSSR count). The average molecular weight is 389 g/mol. The van der Waals surface area contributed by atoms with E-state index in [1.807, 2.05) is 30.5 Å². The number of benzene rings is 2. The molecule has 1 saturated heterocycles. The van der Waals surface area contributed by atoms with E-state index in [1.165, 1.54) is 10.8 Å². The van der Waals surface area contributed by atoms with Gasteiger partial charge in [0.15, 0.2) is 0 Å². The van der Waals surface area contributed by atoms with Gasteiger partial charge in [-0.3, -0.25) is 19.6 Å². The maximum atomic E-state index is 12.6. The van der Waals surface area contributed by atoms with E-state index in [0.717, 1.165) is 44.0 Å². The van der Waals surface area contributed by atoms with Crippen LogP contribution in [0, 0.1) is 0 Å². The molecule has 3 aromatic rings. The molecule has 1 aliphatic rings. The number of nitrogens with one attached hydrogen (secondary N) is 1. The van der Waals surface area contributed by atoms with Crippen LogP contribution in [-0.4, -0.2) is 53.4 Å². The maximum absolute atomic E-state index is 12.6. The van der Waals surface area contributed by atoms with Crippen LogP contribution in [0.3, 0.4) is 0 Å². The molecule has 5 nitrogen and oxygen atoms in total. The number of pyridine rings is 1. The molecular weight excluding hydrogens is 360 g/mol. The van der Waals surface area contributed by atoms with Crippen molar-refractivity contribution in [1.82, 2.24) is 20.1 Å². The van der Waals surface area contributed by atoms with Crippen LogP contribution in [0.5, 0.6) is 0 Å². The van der Waals surface area contributed by atoms with Crippen molar-refractivity contribution in [2.24, 2.45) is 0 Å². The van der Waals surface area contributed by atoms with Crippen LogP contribution in [0.4, 0.5) is 0 Å². The summed E-state index contributed by atoms with van der Waals surface area (Å²) in [6.45, 7) is 7.12. The second kappa shape index (κ2) is 9.16. The predicted octanol–water partition coefficient (Wildman–Crippen LogP) is 3.23. The quantitative estimate of drug-likeness (QED) is 0.704. The van der Waals surface area contributed by atoms with Gasteiger partial charge in [0.25, 0.3) is 0 Å². The molecule has 1 unspecified atom stereocenters. The van der Waals surface area contributed by atoms with Gasteiger partial charge < -0.3 is 5.32 Å². The molecule has 1 N–H and O–H groups in total. The minimum absolute atomic E-state index is 0.0148. The van der Waals surface area contributed by atoms with E-state index in [4.69, 9.17) is 0 Å². The fourth-order valence-electron chi connectivity index (χ4n) is 4.02. The summed E-state index contributed by atoms with van der Waals surface area (Å²) in [6, 6.07) is 20.6. The standard InChI is InChI=1S/C24H28N4O/c1-19(22-11-6-8-20-7-2-3-10-23(20)22)26-24(29)18-28-15-13-27(14-16-28)17-21-9-4-5-12-25-21/h2-12,19H,13-18H2,1H3,(H,26,29). The highest BCUT2D eigenvalue weighted by Crippen LogP contribution is 2.24. The summed E-state index contributed by atoms with van der Waals surface area (Å²) >= 11 is 0. The summed E-state index contributed by atoms with van der Waals surface area (Å²) in [4.78, 5) is 21.7. The van der Waals surface area contributed by atoms with Crippen LogP contribution >= 0.6 is 0 Å². The maximum Gasteiger partial charge on any atom is 0.234 e. The third kappa shape index (κ3) is 5.00. The molecule has 1 amide bonds. The highest BCUT2D eigenvalue weighted by atomic mass is 16.2. The van der Waals surface area contributed by atoms with Crippen molar-refractivity contribution in [3.63, 3.8) is 0 Å². The Hall–Kier alpha value is -2.76. The molecule has 0 aliphatic carbocycles. The first kappa shape index (κ1) is 19.6. The van der Waals surface area contributed by atoms with Gasteiger partial charge in [-0.1, -0.05) is 48.5 Å². The van der Waals surface area contributed by atoms with Crippen molar-refractivity contribution < 1.29 is 4.79 Å². The van der Waals surface area contributed by atoms with E-state index in [-0.39, 0.29) is 11.9 Å². The largest absolute Gasteiger partial charge is 0.348 e. The topological polar surface area (TPSA) is 48.5 Å². The van der Waals surface area contributed by atoms with Gasteiger partial charge in [-0.05, 0) is 35.4 Å². The van der Waals surface area contributed by atoms with Crippen molar-refractivity contribution in [3.05, 3.63) is 78.1 Å². The first-order chi connectivity index (χ1) is 14.2. The summed E-state index contributed by atoms with van der Waals surface area (Å²) in [6.07, 6.45) is 1.84. The number of aromatic nitrogens is 1. The monoisotopic (exact) mass is 388 g/mol. The summed E-state index contributed by atoms with van der Waals surface area (Å²) in [7, 11) is 0. The fraction of sp³-hybridized carbons (Fsp3) is 0.333. The summed E-state index contributed by atoms with van der Waals surface area (Å²) in [5.74, 6) is 0.0867. The van der Waals surface area contributed by atoms with Gasteiger partial charge in [0.05, 0.1) is 18.3 Å². The van der Waals surface area contributed by atoms with Gasteiger partial charge in [-0.15, -0.1) is 0 Å². The third-order valence-corrected chi connectivity index (χ3v) is 5.61. The lowest BCUT2D eigenvalue weighted by Crippen LogP contribution is -2.49. The predicted molar refractivity (Wildman–Crippen MR) is 116 cm³/mol. The number of hydrogen-bond donors (Lipinski definition) is 1. The van der Waals surface area contributed by atoms with E-state index in [0.29, 0.717) is 6.54 Å². The highest BCUT2D eigenvalue weighted by Gasteiger charge is 2.20. The number of rotatable bonds is 6. The van der Waals surface area contributed by atoms with Gasteiger partial charge in [0.2, 0.25) is 5.91 Å². The van der Waals surface area contributed by atoms with E-state index in [9.17, 15) is 4.79 Å². The Labute approximate surface area is 172 Å². The molecule has 5 heteroatoms. The second-order valence-corrected chi connectivity index (χ2v) is 7.73. The molecule has 29 heavy (non-hydrogen) atoms. The molecule has 1 atom stereocenters. The zero-order valence-corrected chi connectivity index (χ0v) is 16.9. The van der Waals surface area contributed by atoms with Crippen LogP contribution in [-0.2, 0) is 11.3 Å². The Kier molecular flexibility index (Phi) is 6.17. The van der Waals surface area contributed by atoms with Crippen molar-refractivity contribution >= 4 is 16.7 Å². The van der Waals surface area contributed by atoms with Crippen molar-refractivity contribution in [3.8, 4) is 0 Å². The molecular formula is C24H28N4O. The number of nitrogens with zero attached hydrogens (tertiary/aromatic N) is 3. The van der Waals surface area contributed by atoms with Crippen LogP contribution in [0.2, 0.25) is 0 Å². The minimum atomic E-state index is -0.0148. The van der Waals surface area contributed by atoms with Crippen molar-refractivity contribution in [1.29, 1.82) is 0 Å². The Bertz CT molecular complexity index is 946. The average Bonchev–Trinajstić information content (AvgIpc) is 2.75. The molecule has 0 radical (unpaired) electrons. The van der Waals surface area contributed by atoms with E-state index in [1.54, 1.807) is 0 Å². The SMILES string of the molecule is CC(NC(=O)CN1CCN(Cc2ccccn2)CC1)c1cccc2ccccc12. The van der Waals surface area contributed by atoms with Gasteiger partial charge in [0, 0.05) is 38.9 Å². The lowest BCUT2D eigenvalue weighted by atomic mass is 10.00. The van der Waals surface area contributed by atoms with Gasteiger partial charge in [-0.25, -0.2) is 0 Å². The Balaban J connectivity index is 1.28. The summed E-state index contributed by atoms with van der Waals surface area (Å²) < 4.78 is 0. The summed E-state index contributed by atoms with van der Waals surface area (Å²) in [5.41, 5.74) is 2.26. The highest BCUT2D eigenvalue weighted by molar-refractivity contribution is 5.87.